The Balaban J connectivity index is 1.29. The number of aromatic carboxylic acids is 1. The van der Waals surface area contributed by atoms with E-state index in [2.05, 4.69) is 52.9 Å². The van der Waals surface area contributed by atoms with Crippen LogP contribution in [0.25, 0.3) is 5.57 Å². The van der Waals surface area contributed by atoms with E-state index in [-0.39, 0.29) is 16.7 Å². The Hall–Kier alpha value is -2.40. The van der Waals surface area contributed by atoms with Gasteiger partial charge in [-0.3, -0.25) is 4.79 Å². The van der Waals surface area contributed by atoms with Gasteiger partial charge in [0.2, 0.25) is 5.91 Å². The van der Waals surface area contributed by atoms with Crippen LogP contribution >= 0.6 is 0 Å². The maximum Gasteiger partial charge on any atom is 0.335 e. The Kier molecular flexibility index (Phi) is 9.17. The number of nitrogens with zero attached hydrogens (tertiary/aromatic N) is 1. The lowest BCUT2D eigenvalue weighted by Crippen LogP contribution is -2.65. The Morgan fingerprint density at radius 1 is 0.917 bits per heavy atom. The summed E-state index contributed by atoms with van der Waals surface area (Å²) in [5, 5.41) is 13.3. The van der Waals surface area contributed by atoms with Crippen LogP contribution in [-0.4, -0.2) is 49.1 Å². The van der Waals surface area contributed by atoms with Crippen LogP contribution in [0.2, 0.25) is 0 Å². The van der Waals surface area contributed by atoms with Gasteiger partial charge in [-0.2, -0.15) is 0 Å². The average Bonchev–Trinajstić information content (AvgIpc) is 3.42. The number of nitrogens with one attached hydrogen (secondary N) is 1. The number of benzene rings is 1. The maximum absolute atomic E-state index is 12.3. The summed E-state index contributed by atoms with van der Waals surface area (Å²) in [4.78, 5) is 25.6. The molecule has 1 amide bonds. The molecule has 48 heavy (non-hydrogen) atoms. The summed E-state index contributed by atoms with van der Waals surface area (Å²) in [7, 11) is 3.71. The molecular formula is C43H64N2O3. The second-order valence-corrected chi connectivity index (χ2v) is 18.4. The van der Waals surface area contributed by atoms with Crippen molar-refractivity contribution in [3.05, 3.63) is 53.6 Å². The molecule has 5 heteroatoms. The minimum absolute atomic E-state index is 0.0214. The number of carbonyl (C=O) groups is 2. The minimum atomic E-state index is -0.864. The first-order chi connectivity index (χ1) is 22.6. The van der Waals surface area contributed by atoms with Gasteiger partial charge in [0.05, 0.1) is 5.56 Å². The lowest BCUT2D eigenvalue weighted by molar-refractivity contribution is -0.225. The van der Waals surface area contributed by atoms with Gasteiger partial charge in [-0.25, -0.2) is 4.79 Å². The molecule has 0 aromatic heterocycles. The number of carboxylic acids is 1. The number of allylic oxidation sites excluding steroid dienone is 3. The number of hydrogen-bond donors (Lipinski definition) is 2. The molecule has 0 saturated heterocycles. The fourth-order valence-electron chi connectivity index (χ4n) is 13.4. The van der Waals surface area contributed by atoms with Crippen LogP contribution in [0.1, 0.15) is 128 Å². The standard InChI is InChI=1S/C43H64N2O3/c1-10-28(2)31-17-23-43(27-44-26-20-36(46)45(8)9)25-24-41(6)33(37(31)43)15-16-35-40(5)21-18-32(29-11-13-30(14-12-29)38(47)48)39(3,4)34(40)19-22-42(35,41)7/h11-14,18,31,33-35,37,44H,2,10,15-17,19-27H2,1,3-9H3,(H,47,48)/t31-,33+,34-,35+,37+,40-,41+,42+,43+/m0/s1. The highest BCUT2D eigenvalue weighted by Gasteiger charge is 2.70. The van der Waals surface area contributed by atoms with E-state index >= 15 is 0 Å². The Morgan fingerprint density at radius 3 is 2.27 bits per heavy atom. The van der Waals surface area contributed by atoms with Crippen molar-refractivity contribution in [2.45, 2.75) is 112 Å². The third-order valence-corrected chi connectivity index (χ3v) is 16.1. The summed E-state index contributed by atoms with van der Waals surface area (Å²) in [5.74, 6) is 2.62. The minimum Gasteiger partial charge on any atom is -0.478 e. The van der Waals surface area contributed by atoms with Crippen LogP contribution in [-0.2, 0) is 4.79 Å². The van der Waals surface area contributed by atoms with Crippen molar-refractivity contribution in [3.63, 3.8) is 0 Å². The molecule has 2 N–H and O–H groups in total. The summed E-state index contributed by atoms with van der Waals surface area (Å²) in [6.45, 7) is 21.8. The van der Waals surface area contributed by atoms with Crippen molar-refractivity contribution in [2.24, 2.45) is 56.7 Å². The SMILES string of the molecule is C=C(CC)[C@@H]1CC[C@]2(CNCCC(=O)N(C)C)CC[C@]3(C)[C@H](CC[C@@H]4[C@@]5(C)CC=C(c6ccc(C(=O)O)cc6)C(C)(C)[C@@H]5CC[C@]43C)[C@@H]12. The number of amides is 1. The lowest BCUT2D eigenvalue weighted by atomic mass is 9.32. The van der Waals surface area contributed by atoms with Crippen LogP contribution < -0.4 is 5.32 Å². The normalized spacial score (nSPS) is 39.7. The van der Waals surface area contributed by atoms with Crippen molar-refractivity contribution in [3.8, 4) is 0 Å². The topological polar surface area (TPSA) is 69.6 Å². The number of fused-ring (bicyclic) bond motifs is 7. The molecule has 6 rings (SSSR count). The van der Waals surface area contributed by atoms with Crippen molar-refractivity contribution >= 4 is 17.4 Å². The molecule has 0 unspecified atom stereocenters. The van der Waals surface area contributed by atoms with Gasteiger partial charge in [0.25, 0.3) is 0 Å². The molecule has 4 fully saturated rings. The van der Waals surface area contributed by atoms with Gasteiger partial charge in [-0.15, -0.1) is 0 Å². The van der Waals surface area contributed by atoms with Crippen LogP contribution in [0, 0.1) is 56.7 Å². The first kappa shape index (κ1) is 35.4. The summed E-state index contributed by atoms with van der Waals surface area (Å²) in [6, 6.07) is 7.61. The maximum atomic E-state index is 12.3. The number of rotatable bonds is 9. The van der Waals surface area contributed by atoms with Crippen molar-refractivity contribution in [2.75, 3.05) is 27.2 Å². The van der Waals surface area contributed by atoms with Crippen molar-refractivity contribution < 1.29 is 14.7 Å². The van der Waals surface area contributed by atoms with E-state index in [9.17, 15) is 14.7 Å². The Morgan fingerprint density at radius 2 is 1.62 bits per heavy atom. The molecular weight excluding hydrogens is 592 g/mol. The van der Waals surface area contributed by atoms with E-state index in [1.165, 1.54) is 68.1 Å². The zero-order valence-electron chi connectivity index (χ0n) is 31.4. The third-order valence-electron chi connectivity index (χ3n) is 16.1. The van der Waals surface area contributed by atoms with Crippen molar-refractivity contribution in [1.82, 2.24) is 10.2 Å². The zero-order valence-corrected chi connectivity index (χ0v) is 31.4. The van der Waals surface area contributed by atoms with Crippen LogP contribution in [0.5, 0.6) is 0 Å². The monoisotopic (exact) mass is 656 g/mol. The summed E-state index contributed by atoms with van der Waals surface area (Å²) < 4.78 is 0. The Labute approximate surface area is 291 Å². The van der Waals surface area contributed by atoms with Gasteiger partial charge in [0.1, 0.15) is 0 Å². The average molecular weight is 657 g/mol. The third kappa shape index (κ3) is 5.26. The van der Waals surface area contributed by atoms with Gasteiger partial charge < -0.3 is 15.3 Å². The van der Waals surface area contributed by atoms with Gasteiger partial charge >= 0.3 is 5.97 Å². The largest absolute Gasteiger partial charge is 0.478 e. The first-order valence-electron chi connectivity index (χ1n) is 19.2. The molecule has 0 bridgehead atoms. The molecule has 5 nitrogen and oxygen atoms in total. The van der Waals surface area contributed by atoms with Gasteiger partial charge in [-0.1, -0.05) is 71.9 Å². The summed E-state index contributed by atoms with van der Waals surface area (Å²) in [5.41, 5.74) is 5.58. The second kappa shape index (κ2) is 12.4. The molecule has 4 saturated carbocycles. The van der Waals surface area contributed by atoms with Gasteiger partial charge in [0.15, 0.2) is 0 Å². The molecule has 9 atom stereocenters. The lowest BCUT2D eigenvalue weighted by Gasteiger charge is -2.72. The van der Waals surface area contributed by atoms with Gasteiger partial charge in [0, 0.05) is 33.6 Å². The van der Waals surface area contributed by atoms with Crippen LogP contribution in [0.3, 0.4) is 0 Å². The summed E-state index contributed by atoms with van der Waals surface area (Å²) >= 11 is 0. The van der Waals surface area contributed by atoms with E-state index in [0.29, 0.717) is 57.8 Å². The molecule has 5 aliphatic carbocycles. The zero-order chi connectivity index (χ0) is 34.9. The second-order valence-electron chi connectivity index (χ2n) is 18.4. The molecule has 0 radical (unpaired) electrons. The van der Waals surface area contributed by atoms with Crippen LogP contribution in [0.15, 0.2) is 42.5 Å². The predicted octanol–water partition coefficient (Wildman–Crippen LogP) is 9.49. The smallest absolute Gasteiger partial charge is 0.335 e. The highest BCUT2D eigenvalue weighted by atomic mass is 16.4. The van der Waals surface area contributed by atoms with E-state index in [1.807, 2.05) is 26.2 Å². The number of hydrogen-bond acceptors (Lipinski definition) is 3. The molecule has 0 spiro atoms. The van der Waals surface area contributed by atoms with Gasteiger partial charge in [-0.05, 0) is 144 Å². The van der Waals surface area contributed by atoms with E-state index in [0.717, 1.165) is 25.9 Å². The number of carboxylic acid groups (broad SMARTS) is 1. The molecule has 1 aromatic rings. The number of carbonyl (C=O) groups excluding carboxylic acids is 1. The van der Waals surface area contributed by atoms with Crippen molar-refractivity contribution in [1.29, 1.82) is 0 Å². The fourth-order valence-corrected chi connectivity index (χ4v) is 13.4. The molecule has 0 aliphatic heterocycles. The predicted molar refractivity (Wildman–Crippen MR) is 197 cm³/mol. The quantitative estimate of drug-likeness (QED) is 0.205. The summed E-state index contributed by atoms with van der Waals surface area (Å²) in [6.07, 6.45) is 15.7. The molecule has 1 aromatic carbocycles. The Bertz CT molecular complexity index is 1460. The molecule has 264 valence electrons. The molecule has 0 heterocycles. The van der Waals surface area contributed by atoms with E-state index in [1.54, 1.807) is 17.0 Å². The highest BCUT2D eigenvalue weighted by molar-refractivity contribution is 5.88. The van der Waals surface area contributed by atoms with Crippen LogP contribution in [0.4, 0.5) is 0 Å². The van der Waals surface area contributed by atoms with E-state index < -0.39 is 5.97 Å². The van der Waals surface area contributed by atoms with E-state index in [4.69, 9.17) is 6.58 Å². The first-order valence-corrected chi connectivity index (χ1v) is 19.2. The highest BCUT2D eigenvalue weighted by Crippen LogP contribution is 2.77. The molecule has 5 aliphatic rings. The fraction of sp³-hybridized carbons (Fsp3) is 0.721.